The van der Waals surface area contributed by atoms with Crippen LogP contribution >= 0.6 is 0 Å². The Hall–Kier alpha value is -2.30. The molecule has 1 aliphatic rings. The molecule has 0 saturated carbocycles. The first-order valence-corrected chi connectivity index (χ1v) is 7.43. The van der Waals surface area contributed by atoms with E-state index in [1.165, 1.54) is 0 Å². The molecule has 1 aromatic rings. The van der Waals surface area contributed by atoms with Gasteiger partial charge in [-0.25, -0.2) is 0 Å². The van der Waals surface area contributed by atoms with E-state index in [-0.39, 0.29) is 17.9 Å². The minimum atomic E-state index is -0.110. The van der Waals surface area contributed by atoms with Crippen LogP contribution in [0.2, 0.25) is 0 Å². The van der Waals surface area contributed by atoms with Gasteiger partial charge in [0.15, 0.2) is 0 Å². The average molecular weight is 302 g/mol. The van der Waals surface area contributed by atoms with Crippen molar-refractivity contribution in [2.45, 2.75) is 26.3 Å². The molecular formula is C17H22N2O3. The zero-order valence-corrected chi connectivity index (χ0v) is 13.1. The van der Waals surface area contributed by atoms with Crippen LogP contribution in [0.3, 0.4) is 0 Å². The number of nitrogens with one attached hydrogen (secondary N) is 1. The standard InChI is InChI=1S/C17H22N2O3/c1-12(2)11-22-15-7-5-4-6-14(15)17(21)19-9-8-16(20)18-10-13(19)3/h4-7,13H,1,8-11H2,2-3H3,(H,18,20). The molecule has 5 nitrogen and oxygen atoms in total. The Bertz CT molecular complexity index is 583. The average Bonchev–Trinajstić information content (AvgIpc) is 2.67. The number of carbonyl (C=O) groups is 2. The van der Waals surface area contributed by atoms with E-state index in [9.17, 15) is 9.59 Å². The molecule has 5 heteroatoms. The third kappa shape index (κ3) is 3.87. The summed E-state index contributed by atoms with van der Waals surface area (Å²) in [5.74, 6) is 0.418. The van der Waals surface area contributed by atoms with Gasteiger partial charge in [0, 0.05) is 25.6 Å². The molecule has 2 rings (SSSR count). The molecule has 1 N–H and O–H groups in total. The fourth-order valence-electron chi connectivity index (χ4n) is 2.33. The molecule has 2 amide bonds. The monoisotopic (exact) mass is 302 g/mol. The molecule has 0 aromatic heterocycles. The van der Waals surface area contributed by atoms with Crippen LogP contribution in [0.1, 0.15) is 30.6 Å². The van der Waals surface area contributed by atoms with E-state index >= 15 is 0 Å². The highest BCUT2D eigenvalue weighted by molar-refractivity contribution is 5.97. The van der Waals surface area contributed by atoms with Crippen molar-refractivity contribution in [2.75, 3.05) is 19.7 Å². The Morgan fingerprint density at radius 3 is 2.91 bits per heavy atom. The summed E-state index contributed by atoms with van der Waals surface area (Å²) in [5, 5.41) is 2.81. The highest BCUT2D eigenvalue weighted by Crippen LogP contribution is 2.22. The number of ether oxygens (including phenoxy) is 1. The van der Waals surface area contributed by atoms with Crippen molar-refractivity contribution in [3.8, 4) is 5.75 Å². The summed E-state index contributed by atoms with van der Waals surface area (Å²) in [4.78, 5) is 26.0. The molecule has 1 fully saturated rings. The lowest BCUT2D eigenvalue weighted by molar-refractivity contribution is -0.120. The zero-order chi connectivity index (χ0) is 16.1. The SMILES string of the molecule is C=C(C)COc1ccccc1C(=O)N1CCC(=O)NCC1C. The van der Waals surface area contributed by atoms with Crippen molar-refractivity contribution >= 4 is 11.8 Å². The van der Waals surface area contributed by atoms with E-state index in [1.807, 2.05) is 26.0 Å². The van der Waals surface area contributed by atoms with Crippen LogP contribution in [0.5, 0.6) is 5.75 Å². The maximum atomic E-state index is 12.8. The van der Waals surface area contributed by atoms with Crippen LogP contribution in [0, 0.1) is 0 Å². The van der Waals surface area contributed by atoms with Crippen LogP contribution in [-0.2, 0) is 4.79 Å². The second kappa shape index (κ2) is 7.11. The normalized spacial score (nSPS) is 18.4. The quantitative estimate of drug-likeness (QED) is 0.865. The second-order valence-corrected chi connectivity index (χ2v) is 5.64. The maximum absolute atomic E-state index is 12.8. The third-order valence-corrected chi connectivity index (χ3v) is 3.56. The first-order valence-electron chi connectivity index (χ1n) is 7.43. The number of para-hydroxylation sites is 1. The number of carbonyl (C=O) groups excluding carboxylic acids is 2. The Morgan fingerprint density at radius 1 is 1.45 bits per heavy atom. The molecule has 1 atom stereocenters. The Morgan fingerprint density at radius 2 is 2.18 bits per heavy atom. The second-order valence-electron chi connectivity index (χ2n) is 5.64. The number of hydrogen-bond donors (Lipinski definition) is 1. The van der Waals surface area contributed by atoms with E-state index in [2.05, 4.69) is 11.9 Å². The van der Waals surface area contributed by atoms with Crippen LogP contribution in [0.4, 0.5) is 0 Å². The van der Waals surface area contributed by atoms with Gasteiger partial charge in [0.05, 0.1) is 5.56 Å². The number of benzene rings is 1. The minimum Gasteiger partial charge on any atom is -0.488 e. The smallest absolute Gasteiger partial charge is 0.257 e. The van der Waals surface area contributed by atoms with E-state index in [1.54, 1.807) is 17.0 Å². The van der Waals surface area contributed by atoms with Crippen LogP contribution in [-0.4, -0.2) is 42.5 Å². The topological polar surface area (TPSA) is 58.6 Å². The lowest BCUT2D eigenvalue weighted by atomic mass is 10.1. The van der Waals surface area contributed by atoms with Crippen molar-refractivity contribution < 1.29 is 14.3 Å². The van der Waals surface area contributed by atoms with Gasteiger partial charge in [0.25, 0.3) is 5.91 Å². The van der Waals surface area contributed by atoms with E-state index in [4.69, 9.17) is 4.74 Å². The van der Waals surface area contributed by atoms with Crippen molar-refractivity contribution in [3.05, 3.63) is 42.0 Å². The van der Waals surface area contributed by atoms with Crippen LogP contribution in [0.15, 0.2) is 36.4 Å². The minimum absolute atomic E-state index is 0.0195. The lowest BCUT2D eigenvalue weighted by Crippen LogP contribution is -2.41. The number of nitrogens with zero attached hydrogens (tertiary/aromatic N) is 1. The van der Waals surface area contributed by atoms with Crippen molar-refractivity contribution in [3.63, 3.8) is 0 Å². The highest BCUT2D eigenvalue weighted by Gasteiger charge is 2.27. The fourth-order valence-corrected chi connectivity index (χ4v) is 2.33. The third-order valence-electron chi connectivity index (χ3n) is 3.56. The van der Waals surface area contributed by atoms with Crippen LogP contribution < -0.4 is 10.1 Å². The lowest BCUT2D eigenvalue weighted by Gasteiger charge is -2.27. The van der Waals surface area contributed by atoms with E-state index in [0.29, 0.717) is 37.4 Å². The Labute approximate surface area is 130 Å². The van der Waals surface area contributed by atoms with Gasteiger partial charge in [-0.3, -0.25) is 9.59 Å². The molecule has 1 aliphatic heterocycles. The van der Waals surface area contributed by atoms with Gasteiger partial charge in [0.1, 0.15) is 12.4 Å². The Balaban J connectivity index is 2.21. The number of rotatable bonds is 4. The van der Waals surface area contributed by atoms with Crippen molar-refractivity contribution in [2.24, 2.45) is 0 Å². The molecular weight excluding hydrogens is 280 g/mol. The summed E-state index contributed by atoms with van der Waals surface area (Å²) in [6.45, 7) is 8.87. The summed E-state index contributed by atoms with van der Waals surface area (Å²) < 4.78 is 5.67. The maximum Gasteiger partial charge on any atom is 0.257 e. The summed E-state index contributed by atoms with van der Waals surface area (Å²) >= 11 is 0. The largest absolute Gasteiger partial charge is 0.488 e. The van der Waals surface area contributed by atoms with Gasteiger partial charge < -0.3 is 15.0 Å². The Kier molecular flexibility index (Phi) is 5.20. The summed E-state index contributed by atoms with van der Waals surface area (Å²) in [7, 11) is 0. The van der Waals surface area contributed by atoms with Gasteiger partial charge in [0.2, 0.25) is 5.91 Å². The summed E-state index contributed by atoms with van der Waals surface area (Å²) in [6.07, 6.45) is 0.324. The molecule has 1 unspecified atom stereocenters. The van der Waals surface area contributed by atoms with Gasteiger partial charge >= 0.3 is 0 Å². The molecule has 1 heterocycles. The van der Waals surface area contributed by atoms with Crippen molar-refractivity contribution in [1.82, 2.24) is 10.2 Å². The molecule has 118 valence electrons. The van der Waals surface area contributed by atoms with E-state index in [0.717, 1.165) is 5.57 Å². The molecule has 0 aliphatic carbocycles. The van der Waals surface area contributed by atoms with Gasteiger partial charge in [-0.15, -0.1) is 0 Å². The van der Waals surface area contributed by atoms with Gasteiger partial charge in [-0.2, -0.15) is 0 Å². The summed E-state index contributed by atoms with van der Waals surface area (Å²) in [5.41, 5.74) is 1.41. The van der Waals surface area contributed by atoms with Crippen LogP contribution in [0.25, 0.3) is 0 Å². The predicted molar refractivity (Wildman–Crippen MR) is 84.9 cm³/mol. The highest BCUT2D eigenvalue weighted by atomic mass is 16.5. The zero-order valence-electron chi connectivity index (χ0n) is 13.1. The predicted octanol–water partition coefficient (Wildman–Crippen LogP) is 1.99. The van der Waals surface area contributed by atoms with Gasteiger partial charge in [-0.05, 0) is 31.6 Å². The fraction of sp³-hybridized carbons (Fsp3) is 0.412. The van der Waals surface area contributed by atoms with Gasteiger partial charge in [-0.1, -0.05) is 18.7 Å². The number of amides is 2. The molecule has 0 radical (unpaired) electrons. The molecule has 1 aromatic carbocycles. The molecule has 0 bridgehead atoms. The van der Waals surface area contributed by atoms with Crippen molar-refractivity contribution in [1.29, 1.82) is 0 Å². The first kappa shape index (κ1) is 16.1. The first-order chi connectivity index (χ1) is 10.5. The number of hydrogen-bond acceptors (Lipinski definition) is 3. The molecule has 22 heavy (non-hydrogen) atoms. The molecule has 0 spiro atoms. The van der Waals surface area contributed by atoms with E-state index < -0.39 is 0 Å². The summed E-state index contributed by atoms with van der Waals surface area (Å²) in [6, 6.07) is 7.13. The molecule has 1 saturated heterocycles.